The van der Waals surface area contributed by atoms with Gasteiger partial charge in [0.1, 0.15) is 17.8 Å². The SMILES string of the molecule is COc1cc(NC(N)=S)ccc1-n1cnnn1. The zero-order chi connectivity index (χ0) is 12.3. The number of rotatable bonds is 3. The molecule has 8 heteroatoms. The van der Waals surface area contributed by atoms with Crippen molar-refractivity contribution in [3.05, 3.63) is 24.5 Å². The van der Waals surface area contributed by atoms with Gasteiger partial charge >= 0.3 is 0 Å². The number of nitrogens with zero attached hydrogens (tertiary/aromatic N) is 4. The maximum atomic E-state index is 5.39. The molecule has 0 bridgehead atoms. The highest BCUT2D eigenvalue weighted by atomic mass is 32.1. The summed E-state index contributed by atoms with van der Waals surface area (Å²) >= 11 is 4.76. The van der Waals surface area contributed by atoms with Gasteiger partial charge in [-0.2, -0.15) is 4.68 Å². The Morgan fingerprint density at radius 2 is 2.35 bits per heavy atom. The number of nitrogens with one attached hydrogen (secondary N) is 1. The Labute approximate surface area is 103 Å². The molecule has 0 radical (unpaired) electrons. The number of hydrogen-bond acceptors (Lipinski definition) is 5. The molecule has 2 aromatic rings. The molecule has 1 aromatic heterocycles. The third-order valence-corrected chi connectivity index (χ3v) is 2.15. The van der Waals surface area contributed by atoms with Gasteiger partial charge in [-0.05, 0) is 34.8 Å². The van der Waals surface area contributed by atoms with Crippen molar-refractivity contribution in [3.8, 4) is 11.4 Å². The second-order valence-electron chi connectivity index (χ2n) is 3.13. The molecule has 0 saturated carbocycles. The number of aromatic nitrogens is 4. The van der Waals surface area contributed by atoms with Crippen LogP contribution in [-0.4, -0.2) is 32.4 Å². The van der Waals surface area contributed by atoms with Crippen LogP contribution in [0.4, 0.5) is 5.69 Å². The Hall–Kier alpha value is -2.22. The van der Waals surface area contributed by atoms with Crippen LogP contribution in [0.2, 0.25) is 0 Å². The average Bonchev–Trinajstić information content (AvgIpc) is 2.81. The first-order valence-corrected chi connectivity index (χ1v) is 5.09. The molecule has 0 unspecified atom stereocenters. The summed E-state index contributed by atoms with van der Waals surface area (Å²) in [4.78, 5) is 0. The molecule has 17 heavy (non-hydrogen) atoms. The number of ether oxygens (including phenoxy) is 1. The maximum Gasteiger partial charge on any atom is 0.168 e. The molecule has 0 amide bonds. The van der Waals surface area contributed by atoms with Gasteiger partial charge in [0.05, 0.1) is 7.11 Å². The third kappa shape index (κ3) is 2.48. The van der Waals surface area contributed by atoms with E-state index in [0.717, 1.165) is 11.4 Å². The summed E-state index contributed by atoms with van der Waals surface area (Å²) in [7, 11) is 1.56. The second kappa shape index (κ2) is 4.74. The number of tetrazole rings is 1. The fourth-order valence-corrected chi connectivity index (χ4v) is 1.48. The first-order chi connectivity index (χ1) is 8.20. The van der Waals surface area contributed by atoms with Crippen molar-refractivity contribution in [2.24, 2.45) is 5.73 Å². The van der Waals surface area contributed by atoms with Crippen LogP contribution in [0.3, 0.4) is 0 Å². The van der Waals surface area contributed by atoms with Gasteiger partial charge in [-0.3, -0.25) is 0 Å². The lowest BCUT2D eigenvalue weighted by Gasteiger charge is -2.10. The molecule has 1 heterocycles. The number of methoxy groups -OCH3 is 1. The van der Waals surface area contributed by atoms with Gasteiger partial charge in [0.2, 0.25) is 0 Å². The Morgan fingerprint density at radius 1 is 1.53 bits per heavy atom. The van der Waals surface area contributed by atoms with E-state index in [4.69, 9.17) is 22.7 Å². The van der Waals surface area contributed by atoms with E-state index in [1.54, 1.807) is 25.3 Å². The molecule has 0 spiro atoms. The minimum absolute atomic E-state index is 0.197. The van der Waals surface area contributed by atoms with Crippen LogP contribution in [0.15, 0.2) is 24.5 Å². The molecule has 0 aliphatic carbocycles. The Kier molecular flexibility index (Phi) is 3.15. The molecule has 0 aliphatic rings. The van der Waals surface area contributed by atoms with Crippen LogP contribution >= 0.6 is 12.2 Å². The van der Waals surface area contributed by atoms with Crippen LogP contribution in [-0.2, 0) is 0 Å². The first kappa shape index (κ1) is 11.3. The van der Waals surface area contributed by atoms with E-state index in [9.17, 15) is 0 Å². The lowest BCUT2D eigenvalue weighted by molar-refractivity contribution is 0.411. The fraction of sp³-hybridized carbons (Fsp3) is 0.111. The predicted molar refractivity (Wildman–Crippen MR) is 66.1 cm³/mol. The van der Waals surface area contributed by atoms with Crippen LogP contribution in [0.5, 0.6) is 5.75 Å². The molecule has 0 aliphatic heterocycles. The van der Waals surface area contributed by atoms with Gasteiger partial charge in [0.15, 0.2) is 5.11 Å². The molecule has 3 N–H and O–H groups in total. The standard InChI is InChI=1S/C9H10N6OS/c1-16-8-4-6(12-9(10)17)2-3-7(8)15-5-11-13-14-15/h2-5H,1H3,(H3,10,12,17). The minimum Gasteiger partial charge on any atom is -0.494 e. The monoisotopic (exact) mass is 250 g/mol. The number of anilines is 1. The van der Waals surface area contributed by atoms with Gasteiger partial charge in [0, 0.05) is 11.8 Å². The van der Waals surface area contributed by atoms with Crippen molar-refractivity contribution in [2.45, 2.75) is 0 Å². The molecule has 1 aromatic carbocycles. The van der Waals surface area contributed by atoms with Crippen molar-refractivity contribution in [3.63, 3.8) is 0 Å². The Bertz CT molecular complexity index is 526. The maximum absolute atomic E-state index is 5.39. The Morgan fingerprint density at radius 3 is 2.94 bits per heavy atom. The summed E-state index contributed by atoms with van der Waals surface area (Å²) < 4.78 is 6.75. The lowest BCUT2D eigenvalue weighted by atomic mass is 10.2. The molecular weight excluding hydrogens is 240 g/mol. The summed E-state index contributed by atoms with van der Waals surface area (Å²) in [6.45, 7) is 0. The predicted octanol–water partition coefficient (Wildman–Crippen LogP) is 0.326. The molecule has 0 saturated heterocycles. The van der Waals surface area contributed by atoms with Crippen LogP contribution < -0.4 is 15.8 Å². The van der Waals surface area contributed by atoms with Gasteiger partial charge in [-0.1, -0.05) is 0 Å². The van der Waals surface area contributed by atoms with E-state index in [1.165, 1.54) is 11.0 Å². The molecule has 88 valence electrons. The summed E-state index contributed by atoms with van der Waals surface area (Å²) in [5.74, 6) is 0.610. The van der Waals surface area contributed by atoms with Gasteiger partial charge in [-0.15, -0.1) is 5.10 Å². The van der Waals surface area contributed by atoms with E-state index in [2.05, 4.69) is 20.8 Å². The number of thiocarbonyl (C=S) groups is 1. The highest BCUT2D eigenvalue weighted by Crippen LogP contribution is 2.25. The quantitative estimate of drug-likeness (QED) is 0.758. The zero-order valence-electron chi connectivity index (χ0n) is 8.99. The number of hydrogen-bond donors (Lipinski definition) is 2. The summed E-state index contributed by atoms with van der Waals surface area (Å²) in [6.07, 6.45) is 1.48. The summed E-state index contributed by atoms with van der Waals surface area (Å²) in [6, 6.07) is 5.37. The van der Waals surface area contributed by atoms with Crippen molar-refractivity contribution < 1.29 is 4.74 Å². The van der Waals surface area contributed by atoms with Crippen molar-refractivity contribution >= 4 is 23.0 Å². The van der Waals surface area contributed by atoms with Gasteiger partial charge in [0.25, 0.3) is 0 Å². The van der Waals surface area contributed by atoms with Crippen molar-refractivity contribution in [2.75, 3.05) is 12.4 Å². The normalized spacial score (nSPS) is 9.94. The van der Waals surface area contributed by atoms with E-state index in [-0.39, 0.29) is 5.11 Å². The fourth-order valence-electron chi connectivity index (χ4n) is 1.36. The van der Waals surface area contributed by atoms with Crippen molar-refractivity contribution in [1.29, 1.82) is 0 Å². The second-order valence-corrected chi connectivity index (χ2v) is 3.57. The topological polar surface area (TPSA) is 90.9 Å². The third-order valence-electron chi connectivity index (χ3n) is 2.04. The van der Waals surface area contributed by atoms with Gasteiger partial charge in [-0.25, -0.2) is 0 Å². The number of benzene rings is 1. The molecule has 0 atom stereocenters. The van der Waals surface area contributed by atoms with Crippen LogP contribution in [0.1, 0.15) is 0 Å². The Balaban J connectivity index is 2.38. The number of nitrogens with two attached hydrogens (primary N) is 1. The van der Waals surface area contributed by atoms with E-state index in [0.29, 0.717) is 5.75 Å². The van der Waals surface area contributed by atoms with Crippen molar-refractivity contribution in [1.82, 2.24) is 20.2 Å². The largest absolute Gasteiger partial charge is 0.494 e. The van der Waals surface area contributed by atoms with E-state index < -0.39 is 0 Å². The van der Waals surface area contributed by atoms with E-state index in [1.807, 2.05) is 0 Å². The smallest absolute Gasteiger partial charge is 0.168 e. The highest BCUT2D eigenvalue weighted by molar-refractivity contribution is 7.80. The first-order valence-electron chi connectivity index (χ1n) is 4.68. The minimum atomic E-state index is 0.197. The lowest BCUT2D eigenvalue weighted by Crippen LogP contribution is -2.18. The zero-order valence-corrected chi connectivity index (χ0v) is 9.81. The van der Waals surface area contributed by atoms with Crippen LogP contribution in [0, 0.1) is 0 Å². The molecule has 2 rings (SSSR count). The summed E-state index contributed by atoms with van der Waals surface area (Å²) in [5, 5.41) is 13.9. The van der Waals surface area contributed by atoms with Crippen LogP contribution in [0.25, 0.3) is 5.69 Å². The molecule has 0 fully saturated rings. The van der Waals surface area contributed by atoms with Gasteiger partial charge < -0.3 is 15.8 Å². The highest BCUT2D eigenvalue weighted by Gasteiger charge is 2.07. The molecule has 7 nitrogen and oxygen atoms in total. The summed E-state index contributed by atoms with van der Waals surface area (Å²) in [5.41, 5.74) is 6.86. The van der Waals surface area contributed by atoms with E-state index >= 15 is 0 Å². The molecular formula is C9H10N6OS. The average molecular weight is 250 g/mol.